The molecule has 3 nitrogen and oxygen atoms in total. The Morgan fingerprint density at radius 2 is 1.64 bits per heavy atom. The Hall–Kier alpha value is -2.16. The summed E-state index contributed by atoms with van der Waals surface area (Å²) in [4.78, 5) is 0. The first kappa shape index (κ1) is 16.2. The van der Waals surface area contributed by atoms with Crippen LogP contribution in [0.4, 0.5) is 5.69 Å². The largest absolute Gasteiger partial charge is 0.493 e. The van der Waals surface area contributed by atoms with Crippen LogP contribution in [0.3, 0.4) is 0 Å². The van der Waals surface area contributed by atoms with E-state index >= 15 is 0 Å². The number of nitrogens with one attached hydrogen (secondary N) is 1. The van der Waals surface area contributed by atoms with Crippen molar-refractivity contribution in [2.24, 2.45) is 0 Å². The van der Waals surface area contributed by atoms with Gasteiger partial charge in [0.2, 0.25) is 0 Å². The van der Waals surface area contributed by atoms with Crippen molar-refractivity contribution in [1.29, 1.82) is 0 Å². The zero-order valence-electron chi connectivity index (χ0n) is 14.1. The Labute approximate surface area is 133 Å². The molecule has 1 N–H and O–H groups in total. The van der Waals surface area contributed by atoms with Crippen molar-refractivity contribution in [1.82, 2.24) is 0 Å². The van der Waals surface area contributed by atoms with Crippen molar-refractivity contribution in [2.45, 2.75) is 40.3 Å². The van der Waals surface area contributed by atoms with Crippen LogP contribution in [0, 0.1) is 13.8 Å². The van der Waals surface area contributed by atoms with Gasteiger partial charge in [-0.1, -0.05) is 30.3 Å². The SMILES string of the molecule is COc1cccc(CNc2c(C)cccc2C)c1OC(C)C. The Kier molecular flexibility index (Phi) is 5.31. The summed E-state index contributed by atoms with van der Waals surface area (Å²) in [7, 11) is 1.67. The van der Waals surface area contributed by atoms with E-state index in [1.807, 2.05) is 26.0 Å². The van der Waals surface area contributed by atoms with Crippen LogP contribution >= 0.6 is 0 Å². The van der Waals surface area contributed by atoms with Crippen molar-refractivity contribution in [2.75, 3.05) is 12.4 Å². The minimum atomic E-state index is 0.107. The summed E-state index contributed by atoms with van der Waals surface area (Å²) in [6.45, 7) is 8.98. The minimum Gasteiger partial charge on any atom is -0.493 e. The molecule has 0 radical (unpaired) electrons. The average Bonchev–Trinajstić information content (AvgIpc) is 2.47. The average molecular weight is 299 g/mol. The van der Waals surface area contributed by atoms with Crippen LogP contribution < -0.4 is 14.8 Å². The van der Waals surface area contributed by atoms with Crippen LogP contribution in [0.1, 0.15) is 30.5 Å². The van der Waals surface area contributed by atoms with Crippen molar-refractivity contribution < 1.29 is 9.47 Å². The molecule has 0 aliphatic carbocycles. The van der Waals surface area contributed by atoms with E-state index in [1.54, 1.807) is 7.11 Å². The molecule has 0 aromatic heterocycles. The molecular weight excluding hydrogens is 274 g/mol. The molecule has 0 atom stereocenters. The second-order valence-corrected chi connectivity index (χ2v) is 5.74. The van der Waals surface area contributed by atoms with Gasteiger partial charge in [0.05, 0.1) is 13.2 Å². The molecule has 0 unspecified atom stereocenters. The van der Waals surface area contributed by atoms with Gasteiger partial charge in [-0.15, -0.1) is 0 Å². The van der Waals surface area contributed by atoms with Gasteiger partial charge in [0.25, 0.3) is 0 Å². The van der Waals surface area contributed by atoms with Gasteiger partial charge >= 0.3 is 0 Å². The Bertz CT molecular complexity index is 615. The van der Waals surface area contributed by atoms with Crippen LogP contribution in [-0.2, 0) is 6.54 Å². The van der Waals surface area contributed by atoms with Crippen LogP contribution in [0.5, 0.6) is 11.5 Å². The molecule has 2 aromatic carbocycles. The molecule has 0 aliphatic rings. The summed E-state index contributed by atoms with van der Waals surface area (Å²) in [5.41, 5.74) is 4.76. The monoisotopic (exact) mass is 299 g/mol. The lowest BCUT2D eigenvalue weighted by Crippen LogP contribution is -2.11. The van der Waals surface area contributed by atoms with Gasteiger partial charge in [0.15, 0.2) is 11.5 Å². The Morgan fingerprint density at radius 3 is 2.23 bits per heavy atom. The Balaban J connectivity index is 2.26. The zero-order chi connectivity index (χ0) is 16.1. The molecule has 2 rings (SSSR count). The highest BCUT2D eigenvalue weighted by Gasteiger charge is 2.12. The van der Waals surface area contributed by atoms with Crippen LogP contribution in [-0.4, -0.2) is 13.2 Å². The molecule has 3 heteroatoms. The van der Waals surface area contributed by atoms with Gasteiger partial charge < -0.3 is 14.8 Å². The van der Waals surface area contributed by atoms with E-state index in [1.165, 1.54) is 16.8 Å². The maximum absolute atomic E-state index is 5.95. The van der Waals surface area contributed by atoms with Gasteiger partial charge in [0, 0.05) is 17.8 Å². The van der Waals surface area contributed by atoms with Crippen molar-refractivity contribution in [3.8, 4) is 11.5 Å². The van der Waals surface area contributed by atoms with Gasteiger partial charge in [-0.2, -0.15) is 0 Å². The zero-order valence-corrected chi connectivity index (χ0v) is 14.1. The molecule has 0 aliphatic heterocycles. The van der Waals surface area contributed by atoms with E-state index < -0.39 is 0 Å². The second kappa shape index (κ2) is 7.21. The highest BCUT2D eigenvalue weighted by Crippen LogP contribution is 2.33. The van der Waals surface area contributed by atoms with Gasteiger partial charge in [-0.05, 0) is 44.9 Å². The number of anilines is 1. The highest BCUT2D eigenvalue weighted by atomic mass is 16.5. The predicted molar refractivity (Wildman–Crippen MR) is 92.0 cm³/mol. The third kappa shape index (κ3) is 3.73. The quantitative estimate of drug-likeness (QED) is 0.838. The molecule has 0 saturated heterocycles. The van der Waals surface area contributed by atoms with Gasteiger partial charge in [0.1, 0.15) is 0 Å². The van der Waals surface area contributed by atoms with Crippen molar-refractivity contribution >= 4 is 5.69 Å². The Morgan fingerprint density at radius 1 is 1.00 bits per heavy atom. The molecular formula is C19H25NO2. The van der Waals surface area contributed by atoms with Crippen molar-refractivity contribution in [3.63, 3.8) is 0 Å². The first-order valence-electron chi connectivity index (χ1n) is 7.65. The third-order valence-electron chi connectivity index (χ3n) is 3.57. The fourth-order valence-electron chi connectivity index (χ4n) is 2.51. The van der Waals surface area contributed by atoms with Crippen LogP contribution in [0.15, 0.2) is 36.4 Å². The number of aryl methyl sites for hydroxylation is 2. The third-order valence-corrected chi connectivity index (χ3v) is 3.57. The smallest absolute Gasteiger partial charge is 0.166 e. The molecule has 2 aromatic rings. The number of rotatable bonds is 6. The number of methoxy groups -OCH3 is 1. The number of hydrogen-bond acceptors (Lipinski definition) is 3. The van der Waals surface area contributed by atoms with E-state index in [0.29, 0.717) is 6.54 Å². The van der Waals surface area contributed by atoms with Gasteiger partial charge in [-0.3, -0.25) is 0 Å². The first-order valence-corrected chi connectivity index (χ1v) is 7.65. The summed E-state index contributed by atoms with van der Waals surface area (Å²) in [6.07, 6.45) is 0.107. The number of hydrogen-bond donors (Lipinski definition) is 1. The fourth-order valence-corrected chi connectivity index (χ4v) is 2.51. The molecule has 0 saturated carbocycles. The number of benzene rings is 2. The number of ether oxygens (including phenoxy) is 2. The molecule has 118 valence electrons. The lowest BCUT2D eigenvalue weighted by atomic mass is 10.1. The van der Waals surface area contributed by atoms with E-state index in [9.17, 15) is 0 Å². The van der Waals surface area contributed by atoms with Crippen LogP contribution in [0.25, 0.3) is 0 Å². The maximum Gasteiger partial charge on any atom is 0.166 e. The molecule has 0 heterocycles. The lowest BCUT2D eigenvalue weighted by molar-refractivity contribution is 0.228. The lowest BCUT2D eigenvalue weighted by Gasteiger charge is -2.19. The van der Waals surface area contributed by atoms with Crippen LogP contribution in [0.2, 0.25) is 0 Å². The number of para-hydroxylation sites is 2. The standard InChI is InChI=1S/C19H25NO2/c1-13(2)22-19-16(10-7-11-17(19)21-5)12-20-18-14(3)8-6-9-15(18)4/h6-11,13,20H,12H2,1-5H3. The van der Waals surface area contributed by atoms with Gasteiger partial charge in [-0.25, -0.2) is 0 Å². The van der Waals surface area contributed by atoms with E-state index in [0.717, 1.165) is 17.1 Å². The maximum atomic E-state index is 5.95. The molecule has 0 fully saturated rings. The summed E-state index contributed by atoms with van der Waals surface area (Å²) in [5.74, 6) is 1.59. The second-order valence-electron chi connectivity index (χ2n) is 5.74. The topological polar surface area (TPSA) is 30.5 Å². The molecule has 0 amide bonds. The summed E-state index contributed by atoms with van der Waals surface area (Å²) < 4.78 is 11.4. The predicted octanol–water partition coefficient (Wildman–Crippen LogP) is 4.71. The molecule has 0 bridgehead atoms. The van der Waals surface area contributed by atoms with Crippen molar-refractivity contribution in [3.05, 3.63) is 53.1 Å². The van der Waals surface area contributed by atoms with E-state index in [-0.39, 0.29) is 6.10 Å². The summed E-state index contributed by atoms with van der Waals surface area (Å²) in [5, 5.41) is 3.53. The van der Waals surface area contributed by atoms with E-state index in [4.69, 9.17) is 9.47 Å². The fraction of sp³-hybridized carbons (Fsp3) is 0.368. The summed E-state index contributed by atoms with van der Waals surface area (Å²) >= 11 is 0. The normalized spacial score (nSPS) is 10.6. The molecule has 22 heavy (non-hydrogen) atoms. The summed E-state index contributed by atoms with van der Waals surface area (Å²) in [6, 6.07) is 12.3. The highest BCUT2D eigenvalue weighted by molar-refractivity contribution is 5.58. The first-order chi connectivity index (χ1) is 10.5. The molecule has 0 spiro atoms. The minimum absolute atomic E-state index is 0.107. The van der Waals surface area contributed by atoms with E-state index in [2.05, 4.69) is 43.4 Å².